The van der Waals surface area contributed by atoms with E-state index >= 15 is 0 Å². The number of pyridine rings is 1. The Morgan fingerprint density at radius 2 is 1.81 bits per heavy atom. The normalized spacial score (nSPS) is 11.6. The predicted molar refractivity (Wildman–Crippen MR) is 146 cm³/mol. The predicted octanol–water partition coefficient (Wildman–Crippen LogP) is 5.20. The molecule has 0 aliphatic rings. The minimum absolute atomic E-state index is 0.00505. The van der Waals surface area contributed by atoms with E-state index in [1.807, 2.05) is 31.2 Å². The molecule has 8 nitrogen and oxygen atoms in total. The number of hydrazone groups is 1. The number of hydrogen-bond donors (Lipinski definition) is 1. The second-order valence-electron chi connectivity index (χ2n) is 8.00. The van der Waals surface area contributed by atoms with E-state index in [-0.39, 0.29) is 26.5 Å². The van der Waals surface area contributed by atoms with Gasteiger partial charge >= 0.3 is 0 Å². The van der Waals surface area contributed by atoms with Crippen LogP contribution in [0, 0.1) is 6.92 Å². The third-order valence-corrected chi connectivity index (χ3v) is 7.72. The standard InChI is InChI=1S/C26H22Cl2N4O4S/c1-17-7-10-21(11-8-17)37(34,35)32(23-14-20(27)9-12-24(23)36-2)16-25(33)31-29-15-19-13-18-5-3-4-6-22(18)30-26(19)28/h3-15H,16H2,1-2H3,(H,31,33)/b29-15+. The molecule has 0 saturated heterocycles. The van der Waals surface area contributed by atoms with E-state index < -0.39 is 22.5 Å². The fourth-order valence-corrected chi connectivity index (χ4v) is 5.32. The number of hydrogen-bond acceptors (Lipinski definition) is 6. The monoisotopic (exact) mass is 556 g/mol. The molecule has 0 bridgehead atoms. The lowest BCUT2D eigenvalue weighted by Gasteiger charge is -2.25. The first-order valence-corrected chi connectivity index (χ1v) is 13.2. The van der Waals surface area contributed by atoms with Gasteiger partial charge in [-0.05, 0) is 49.4 Å². The van der Waals surface area contributed by atoms with Gasteiger partial charge in [-0.1, -0.05) is 59.1 Å². The lowest BCUT2D eigenvalue weighted by atomic mass is 10.2. The van der Waals surface area contributed by atoms with Gasteiger partial charge in [-0.2, -0.15) is 5.10 Å². The molecular weight excluding hydrogens is 535 g/mol. The molecule has 3 aromatic carbocycles. The summed E-state index contributed by atoms with van der Waals surface area (Å²) >= 11 is 12.4. The molecule has 37 heavy (non-hydrogen) atoms. The highest BCUT2D eigenvalue weighted by Gasteiger charge is 2.29. The van der Waals surface area contributed by atoms with Gasteiger partial charge in [-0.25, -0.2) is 18.8 Å². The molecule has 4 aromatic rings. The summed E-state index contributed by atoms with van der Waals surface area (Å²) in [5.74, 6) is -0.468. The third-order valence-electron chi connectivity index (χ3n) is 5.40. The maximum atomic E-state index is 13.6. The van der Waals surface area contributed by atoms with Crippen LogP contribution in [0.5, 0.6) is 5.75 Å². The van der Waals surface area contributed by atoms with Crippen LogP contribution < -0.4 is 14.5 Å². The Labute approximate surface area is 224 Å². The maximum absolute atomic E-state index is 13.6. The number of sulfonamides is 1. The molecule has 1 N–H and O–H groups in total. The van der Waals surface area contributed by atoms with Gasteiger partial charge in [0.05, 0.1) is 29.4 Å². The number of aromatic nitrogens is 1. The lowest BCUT2D eigenvalue weighted by molar-refractivity contribution is -0.119. The summed E-state index contributed by atoms with van der Waals surface area (Å²) in [7, 11) is -2.77. The largest absolute Gasteiger partial charge is 0.495 e. The van der Waals surface area contributed by atoms with Crippen molar-refractivity contribution in [1.82, 2.24) is 10.4 Å². The zero-order valence-corrected chi connectivity index (χ0v) is 22.2. The molecule has 0 unspecified atom stereocenters. The number of nitrogens with one attached hydrogen (secondary N) is 1. The number of para-hydroxylation sites is 1. The van der Waals surface area contributed by atoms with E-state index in [9.17, 15) is 13.2 Å². The van der Waals surface area contributed by atoms with Gasteiger partial charge in [0.15, 0.2) is 0 Å². The summed E-state index contributed by atoms with van der Waals surface area (Å²) in [5.41, 5.74) is 4.56. The highest BCUT2D eigenvalue weighted by atomic mass is 35.5. The average Bonchev–Trinajstić information content (AvgIpc) is 2.87. The van der Waals surface area contributed by atoms with Crippen molar-refractivity contribution in [2.75, 3.05) is 18.0 Å². The van der Waals surface area contributed by atoms with Crippen LogP contribution in [-0.2, 0) is 14.8 Å². The summed E-state index contributed by atoms with van der Waals surface area (Å²) in [6.45, 7) is 1.25. The Morgan fingerprint density at radius 3 is 2.54 bits per heavy atom. The summed E-state index contributed by atoms with van der Waals surface area (Å²) < 4.78 is 33.5. The van der Waals surface area contributed by atoms with E-state index in [1.165, 1.54) is 37.6 Å². The number of aryl methyl sites for hydroxylation is 1. The topological polar surface area (TPSA) is 101 Å². The Balaban J connectivity index is 1.62. The van der Waals surface area contributed by atoms with Crippen molar-refractivity contribution >= 4 is 61.9 Å². The highest BCUT2D eigenvalue weighted by Crippen LogP contribution is 2.34. The number of benzene rings is 3. The van der Waals surface area contributed by atoms with Gasteiger partial charge in [-0.15, -0.1) is 0 Å². The van der Waals surface area contributed by atoms with Crippen LogP contribution in [0.25, 0.3) is 10.9 Å². The lowest BCUT2D eigenvalue weighted by Crippen LogP contribution is -2.39. The molecule has 0 fully saturated rings. The van der Waals surface area contributed by atoms with Crippen LogP contribution in [0.3, 0.4) is 0 Å². The van der Waals surface area contributed by atoms with Crippen LogP contribution in [-0.4, -0.2) is 39.2 Å². The number of methoxy groups -OCH3 is 1. The molecule has 190 valence electrons. The molecule has 0 spiro atoms. The second-order valence-corrected chi connectivity index (χ2v) is 10.7. The van der Waals surface area contributed by atoms with Crippen LogP contribution in [0.1, 0.15) is 11.1 Å². The van der Waals surface area contributed by atoms with Crippen LogP contribution in [0.4, 0.5) is 5.69 Å². The molecular formula is C26H22Cl2N4O4S. The zero-order chi connectivity index (χ0) is 26.6. The first-order chi connectivity index (χ1) is 17.7. The number of anilines is 1. The van der Waals surface area contributed by atoms with Crippen molar-refractivity contribution in [3.8, 4) is 5.75 Å². The summed E-state index contributed by atoms with van der Waals surface area (Å²) in [6.07, 6.45) is 1.35. The number of rotatable bonds is 8. The fourth-order valence-electron chi connectivity index (χ4n) is 3.53. The van der Waals surface area contributed by atoms with Crippen molar-refractivity contribution < 1.29 is 17.9 Å². The zero-order valence-electron chi connectivity index (χ0n) is 19.9. The Morgan fingerprint density at radius 1 is 1.08 bits per heavy atom. The molecule has 0 aliphatic heterocycles. The van der Waals surface area contributed by atoms with Gasteiger partial charge in [-0.3, -0.25) is 9.10 Å². The smallest absolute Gasteiger partial charge is 0.264 e. The molecule has 1 aromatic heterocycles. The third kappa shape index (κ3) is 6.02. The summed E-state index contributed by atoms with van der Waals surface area (Å²) in [4.78, 5) is 17.2. The number of halogens is 2. The fraction of sp³-hybridized carbons (Fsp3) is 0.115. The number of fused-ring (bicyclic) bond motifs is 1. The van der Waals surface area contributed by atoms with Crippen molar-refractivity contribution in [3.05, 3.63) is 94.1 Å². The Hall–Kier alpha value is -3.66. The Kier molecular flexibility index (Phi) is 7.97. The Bertz CT molecular complexity index is 1590. The average molecular weight is 557 g/mol. The number of ether oxygens (including phenoxy) is 1. The minimum Gasteiger partial charge on any atom is -0.495 e. The van der Waals surface area contributed by atoms with Crippen molar-refractivity contribution in [2.45, 2.75) is 11.8 Å². The summed E-state index contributed by atoms with van der Waals surface area (Å²) in [5, 5.41) is 5.29. The van der Waals surface area contributed by atoms with Crippen LogP contribution in [0.15, 0.2) is 82.8 Å². The first kappa shape index (κ1) is 26.4. The summed E-state index contributed by atoms with van der Waals surface area (Å²) in [6, 6.07) is 20.0. The molecule has 0 atom stereocenters. The highest BCUT2D eigenvalue weighted by molar-refractivity contribution is 7.92. The first-order valence-electron chi connectivity index (χ1n) is 11.0. The van der Waals surface area contributed by atoms with E-state index in [2.05, 4.69) is 15.5 Å². The molecule has 0 radical (unpaired) electrons. The maximum Gasteiger partial charge on any atom is 0.264 e. The van der Waals surface area contributed by atoms with Crippen LogP contribution in [0.2, 0.25) is 10.2 Å². The molecule has 1 heterocycles. The van der Waals surface area contributed by atoms with E-state index in [4.69, 9.17) is 27.9 Å². The van der Waals surface area contributed by atoms with Crippen LogP contribution >= 0.6 is 23.2 Å². The molecule has 4 rings (SSSR count). The van der Waals surface area contributed by atoms with Gasteiger partial charge in [0.1, 0.15) is 17.4 Å². The molecule has 1 amide bonds. The molecule has 11 heteroatoms. The molecule has 0 aliphatic carbocycles. The number of carbonyl (C=O) groups excluding carboxylic acids is 1. The molecule has 0 saturated carbocycles. The second kappa shape index (κ2) is 11.2. The van der Waals surface area contributed by atoms with Gasteiger partial charge in [0, 0.05) is 16.0 Å². The minimum atomic E-state index is -4.17. The van der Waals surface area contributed by atoms with Crippen molar-refractivity contribution in [3.63, 3.8) is 0 Å². The number of carbonyl (C=O) groups is 1. The van der Waals surface area contributed by atoms with Gasteiger partial charge in [0.25, 0.3) is 15.9 Å². The van der Waals surface area contributed by atoms with Gasteiger partial charge < -0.3 is 4.74 Å². The number of amides is 1. The SMILES string of the molecule is COc1ccc(Cl)cc1N(CC(=O)N/N=C/c1cc2ccccc2nc1Cl)S(=O)(=O)c1ccc(C)cc1. The van der Waals surface area contributed by atoms with E-state index in [1.54, 1.807) is 24.3 Å². The quantitative estimate of drug-likeness (QED) is 0.182. The van der Waals surface area contributed by atoms with E-state index in [0.29, 0.717) is 5.56 Å². The van der Waals surface area contributed by atoms with Gasteiger partial charge in [0.2, 0.25) is 0 Å². The van der Waals surface area contributed by atoms with Crippen molar-refractivity contribution in [1.29, 1.82) is 0 Å². The van der Waals surface area contributed by atoms with Crippen molar-refractivity contribution in [2.24, 2.45) is 5.10 Å². The van der Waals surface area contributed by atoms with E-state index in [0.717, 1.165) is 20.8 Å². The number of nitrogens with zero attached hydrogens (tertiary/aromatic N) is 3.